The third-order valence-corrected chi connectivity index (χ3v) is 5.26. The fraction of sp³-hybridized carbons (Fsp3) is 0.786. The van der Waals surface area contributed by atoms with Gasteiger partial charge in [-0.25, -0.2) is 4.98 Å². The van der Waals surface area contributed by atoms with Crippen LogP contribution in [0.5, 0.6) is 0 Å². The highest BCUT2D eigenvalue weighted by atomic mass is 32.1. The molecule has 3 nitrogen and oxygen atoms in total. The first-order valence-electron chi connectivity index (χ1n) is 6.83. The number of nitrogens with one attached hydrogen (secondary N) is 1. The van der Waals surface area contributed by atoms with Gasteiger partial charge in [-0.3, -0.25) is 0 Å². The van der Waals surface area contributed by atoms with Gasteiger partial charge in [0.15, 0.2) is 0 Å². The summed E-state index contributed by atoms with van der Waals surface area (Å²) in [5.74, 6) is 0. The Hall–Kier alpha value is -0.450. The zero-order valence-corrected chi connectivity index (χ0v) is 12.5. The van der Waals surface area contributed by atoms with E-state index in [4.69, 9.17) is 9.72 Å². The van der Waals surface area contributed by atoms with Crippen molar-refractivity contribution in [2.75, 3.05) is 6.54 Å². The molecule has 4 heteroatoms. The molecule has 1 fully saturated rings. The van der Waals surface area contributed by atoms with Crippen molar-refractivity contribution in [1.29, 1.82) is 0 Å². The summed E-state index contributed by atoms with van der Waals surface area (Å²) in [7, 11) is 0. The molecule has 1 aromatic heterocycles. The normalized spacial score (nSPS) is 28.6. The van der Waals surface area contributed by atoms with Crippen LogP contribution in [0, 0.1) is 0 Å². The SMILES string of the molecule is CC1(C)OC(C)(C)c2sc(CC3CCCN3)nc21. The van der Waals surface area contributed by atoms with E-state index in [1.165, 1.54) is 22.7 Å². The second-order valence-electron chi connectivity index (χ2n) is 6.41. The lowest BCUT2D eigenvalue weighted by molar-refractivity contribution is -0.105. The summed E-state index contributed by atoms with van der Waals surface area (Å²) in [4.78, 5) is 6.18. The van der Waals surface area contributed by atoms with Gasteiger partial charge in [0.25, 0.3) is 0 Å². The summed E-state index contributed by atoms with van der Waals surface area (Å²) in [5.41, 5.74) is 0.736. The van der Waals surface area contributed by atoms with Gasteiger partial charge in [-0.05, 0) is 47.1 Å². The number of fused-ring (bicyclic) bond motifs is 1. The van der Waals surface area contributed by atoms with Gasteiger partial charge in [0.05, 0.1) is 21.2 Å². The lowest BCUT2D eigenvalue weighted by atomic mass is 10.0. The molecule has 0 aromatic carbocycles. The Morgan fingerprint density at radius 1 is 1.33 bits per heavy atom. The highest BCUT2D eigenvalue weighted by Gasteiger charge is 2.46. The van der Waals surface area contributed by atoms with Gasteiger partial charge < -0.3 is 10.1 Å². The van der Waals surface area contributed by atoms with Crippen LogP contribution >= 0.6 is 11.3 Å². The third-order valence-electron chi connectivity index (χ3n) is 3.88. The fourth-order valence-electron chi connectivity index (χ4n) is 3.14. The van der Waals surface area contributed by atoms with E-state index >= 15 is 0 Å². The number of hydrogen-bond donors (Lipinski definition) is 1. The molecule has 1 N–H and O–H groups in total. The fourth-order valence-corrected chi connectivity index (χ4v) is 4.47. The van der Waals surface area contributed by atoms with Crippen LogP contribution in [0.15, 0.2) is 0 Å². The molecule has 0 aliphatic carbocycles. The number of aromatic nitrogens is 1. The van der Waals surface area contributed by atoms with Gasteiger partial charge in [-0.2, -0.15) is 0 Å². The van der Waals surface area contributed by atoms with Crippen molar-refractivity contribution >= 4 is 11.3 Å². The van der Waals surface area contributed by atoms with E-state index in [2.05, 4.69) is 33.0 Å². The number of ether oxygens (including phenoxy) is 1. The Morgan fingerprint density at radius 2 is 2.11 bits per heavy atom. The van der Waals surface area contributed by atoms with E-state index in [0.717, 1.165) is 18.7 Å². The lowest BCUT2D eigenvalue weighted by Gasteiger charge is -2.24. The van der Waals surface area contributed by atoms with Crippen LogP contribution in [0.25, 0.3) is 0 Å². The van der Waals surface area contributed by atoms with Crippen molar-refractivity contribution in [2.45, 2.75) is 64.2 Å². The summed E-state index contributed by atoms with van der Waals surface area (Å²) in [6.07, 6.45) is 3.66. The quantitative estimate of drug-likeness (QED) is 0.893. The third kappa shape index (κ3) is 2.00. The van der Waals surface area contributed by atoms with E-state index < -0.39 is 0 Å². The highest BCUT2D eigenvalue weighted by Crippen LogP contribution is 2.49. The lowest BCUT2D eigenvalue weighted by Crippen LogP contribution is -2.25. The minimum absolute atomic E-state index is 0.183. The molecule has 100 valence electrons. The van der Waals surface area contributed by atoms with Crippen LogP contribution in [0.4, 0.5) is 0 Å². The molecule has 2 aliphatic rings. The Morgan fingerprint density at radius 3 is 2.72 bits per heavy atom. The van der Waals surface area contributed by atoms with Crippen LogP contribution in [0.3, 0.4) is 0 Å². The Kier molecular flexibility index (Phi) is 2.81. The van der Waals surface area contributed by atoms with Crippen LogP contribution in [0.1, 0.15) is 56.1 Å². The van der Waals surface area contributed by atoms with Crippen LogP contribution in [-0.4, -0.2) is 17.6 Å². The summed E-state index contributed by atoms with van der Waals surface area (Å²) in [6.45, 7) is 9.71. The van der Waals surface area contributed by atoms with Crippen molar-refractivity contribution in [2.24, 2.45) is 0 Å². The van der Waals surface area contributed by atoms with Gasteiger partial charge >= 0.3 is 0 Å². The first kappa shape index (κ1) is 12.6. The van der Waals surface area contributed by atoms with E-state index in [-0.39, 0.29) is 11.2 Å². The number of nitrogens with zero attached hydrogens (tertiary/aromatic N) is 1. The maximum Gasteiger partial charge on any atom is 0.107 e. The molecular weight excluding hydrogens is 244 g/mol. The molecule has 0 bridgehead atoms. The van der Waals surface area contributed by atoms with Crippen molar-refractivity contribution in [3.63, 3.8) is 0 Å². The molecule has 1 atom stereocenters. The van der Waals surface area contributed by atoms with Crippen LogP contribution < -0.4 is 5.32 Å². The summed E-state index contributed by atoms with van der Waals surface area (Å²) in [5, 5.41) is 4.81. The standard InChI is InChI=1S/C14H22N2OS/c1-13(2)11-12(14(3,4)17-13)18-10(16-11)8-9-6-5-7-15-9/h9,15H,5-8H2,1-4H3. The zero-order chi connectivity index (χ0) is 13.0. The Balaban J connectivity index is 1.88. The predicted molar refractivity (Wildman–Crippen MR) is 74.0 cm³/mol. The molecule has 1 unspecified atom stereocenters. The van der Waals surface area contributed by atoms with Crippen LogP contribution in [-0.2, 0) is 22.4 Å². The van der Waals surface area contributed by atoms with E-state index in [0.29, 0.717) is 6.04 Å². The first-order valence-corrected chi connectivity index (χ1v) is 7.64. The highest BCUT2D eigenvalue weighted by molar-refractivity contribution is 7.12. The van der Waals surface area contributed by atoms with E-state index in [1.54, 1.807) is 0 Å². The topological polar surface area (TPSA) is 34.1 Å². The van der Waals surface area contributed by atoms with E-state index in [9.17, 15) is 0 Å². The zero-order valence-electron chi connectivity index (χ0n) is 11.7. The molecule has 3 rings (SSSR count). The molecule has 0 radical (unpaired) electrons. The molecule has 2 aliphatic heterocycles. The van der Waals surface area contributed by atoms with Gasteiger partial charge in [0.2, 0.25) is 0 Å². The molecular formula is C14H22N2OS. The average Bonchev–Trinajstić information content (AvgIpc) is 2.88. The molecule has 0 amide bonds. The van der Waals surface area contributed by atoms with Gasteiger partial charge in [0.1, 0.15) is 5.60 Å². The molecule has 1 saturated heterocycles. The maximum atomic E-state index is 6.10. The summed E-state index contributed by atoms with van der Waals surface area (Å²) in [6, 6.07) is 0.628. The van der Waals surface area contributed by atoms with Crippen LogP contribution in [0.2, 0.25) is 0 Å². The number of hydrogen-bond acceptors (Lipinski definition) is 4. The molecule has 18 heavy (non-hydrogen) atoms. The number of rotatable bonds is 2. The Bertz CT molecular complexity index is 427. The number of thiazole rings is 1. The second-order valence-corrected chi connectivity index (χ2v) is 7.49. The molecule has 0 saturated carbocycles. The van der Waals surface area contributed by atoms with Gasteiger partial charge in [-0.1, -0.05) is 0 Å². The van der Waals surface area contributed by atoms with Crippen molar-refractivity contribution in [3.8, 4) is 0 Å². The summed E-state index contributed by atoms with van der Waals surface area (Å²) < 4.78 is 6.10. The minimum atomic E-state index is -0.239. The van der Waals surface area contributed by atoms with E-state index in [1.807, 2.05) is 11.3 Å². The van der Waals surface area contributed by atoms with Gasteiger partial charge in [0, 0.05) is 12.5 Å². The monoisotopic (exact) mass is 266 g/mol. The van der Waals surface area contributed by atoms with Crippen molar-refractivity contribution < 1.29 is 4.74 Å². The Labute approximate surface area is 113 Å². The predicted octanol–water partition coefficient (Wildman–Crippen LogP) is 2.94. The first-order chi connectivity index (χ1) is 8.38. The molecule has 1 aromatic rings. The minimum Gasteiger partial charge on any atom is -0.358 e. The molecule has 3 heterocycles. The maximum absolute atomic E-state index is 6.10. The largest absolute Gasteiger partial charge is 0.358 e. The second kappa shape index (κ2) is 4.02. The molecule has 0 spiro atoms. The summed E-state index contributed by atoms with van der Waals surface area (Å²) >= 11 is 1.84. The smallest absolute Gasteiger partial charge is 0.107 e. The van der Waals surface area contributed by atoms with Crippen molar-refractivity contribution in [1.82, 2.24) is 10.3 Å². The van der Waals surface area contributed by atoms with Crippen molar-refractivity contribution in [3.05, 3.63) is 15.6 Å². The average molecular weight is 266 g/mol. The van der Waals surface area contributed by atoms with Gasteiger partial charge in [-0.15, -0.1) is 11.3 Å².